The molecule has 1 aliphatic rings. The van der Waals surface area contributed by atoms with Gasteiger partial charge in [0.15, 0.2) is 0 Å². The molecule has 0 bridgehead atoms. The van der Waals surface area contributed by atoms with E-state index in [1.165, 1.54) is 6.20 Å². The van der Waals surface area contributed by atoms with E-state index in [0.717, 1.165) is 11.1 Å². The van der Waals surface area contributed by atoms with E-state index in [1.807, 2.05) is 26.0 Å². The van der Waals surface area contributed by atoms with Gasteiger partial charge in [0.25, 0.3) is 10.0 Å². The summed E-state index contributed by atoms with van der Waals surface area (Å²) in [5, 5.41) is 0. The molecule has 0 fully saturated rings. The predicted octanol–water partition coefficient (Wildman–Crippen LogP) is 2.07. The van der Waals surface area contributed by atoms with Gasteiger partial charge in [-0.3, -0.25) is 4.72 Å². The lowest BCUT2D eigenvalue weighted by molar-refractivity contribution is 0.589. The first-order chi connectivity index (χ1) is 7.00. The van der Waals surface area contributed by atoms with Crippen LogP contribution < -0.4 is 4.72 Å². The first kappa shape index (κ1) is 10.2. The average Bonchev–Trinajstić information content (AvgIpc) is 2.17. The quantitative estimate of drug-likeness (QED) is 0.792. The molecular weight excluding hydrogens is 210 g/mol. The monoisotopic (exact) mass is 223 g/mol. The maximum atomic E-state index is 11.7. The maximum absolute atomic E-state index is 11.7. The Hall–Kier alpha value is -1.29. The number of hydrogen-bond acceptors (Lipinski definition) is 2. The molecule has 0 radical (unpaired) electrons. The second-order valence-corrected chi connectivity index (χ2v) is 5.59. The lowest BCUT2D eigenvalue weighted by Gasteiger charge is -2.15. The van der Waals surface area contributed by atoms with Crippen molar-refractivity contribution < 1.29 is 8.42 Å². The number of rotatable bonds is 1. The van der Waals surface area contributed by atoms with Gasteiger partial charge in [0.1, 0.15) is 0 Å². The molecule has 1 N–H and O–H groups in total. The molecule has 0 unspecified atom stereocenters. The van der Waals surface area contributed by atoms with Crippen LogP contribution in [0.3, 0.4) is 0 Å². The minimum absolute atomic E-state index is 0.330. The van der Waals surface area contributed by atoms with E-state index in [-0.39, 0.29) is 0 Å². The summed E-state index contributed by atoms with van der Waals surface area (Å²) in [7, 11) is -3.33. The molecule has 1 aromatic rings. The van der Waals surface area contributed by atoms with Crippen LogP contribution in [0.25, 0.3) is 6.08 Å². The molecule has 0 amide bonds. The number of nitrogens with one attached hydrogen (secondary N) is 1. The molecular formula is C11H13NO2S. The van der Waals surface area contributed by atoms with E-state index >= 15 is 0 Å². The van der Waals surface area contributed by atoms with Crippen molar-refractivity contribution in [3.05, 3.63) is 35.5 Å². The van der Waals surface area contributed by atoms with Crippen LogP contribution >= 0.6 is 0 Å². The minimum atomic E-state index is -3.33. The molecule has 0 saturated carbocycles. The van der Waals surface area contributed by atoms with Gasteiger partial charge in [0.2, 0.25) is 0 Å². The Kier molecular flexibility index (Phi) is 2.31. The van der Waals surface area contributed by atoms with Crippen LogP contribution in [-0.4, -0.2) is 8.42 Å². The van der Waals surface area contributed by atoms with E-state index in [9.17, 15) is 8.42 Å². The van der Waals surface area contributed by atoms with Crippen LogP contribution in [-0.2, 0) is 10.0 Å². The molecule has 1 heterocycles. The molecule has 80 valence electrons. The molecule has 0 aromatic heterocycles. The fraction of sp³-hybridized carbons (Fsp3) is 0.273. The van der Waals surface area contributed by atoms with Gasteiger partial charge in [0.05, 0.1) is 4.90 Å². The third-order valence-electron chi connectivity index (χ3n) is 2.48. The SMILES string of the molecule is CC(C)c1ccc2c(c1)S(=O)(=O)NC=C2. The van der Waals surface area contributed by atoms with Gasteiger partial charge in [-0.1, -0.05) is 26.0 Å². The number of sulfonamides is 1. The summed E-state index contributed by atoms with van der Waals surface area (Å²) in [6, 6.07) is 5.56. The zero-order valence-corrected chi connectivity index (χ0v) is 9.51. The Bertz CT molecular complexity index is 515. The Morgan fingerprint density at radius 3 is 2.67 bits per heavy atom. The third-order valence-corrected chi connectivity index (χ3v) is 3.86. The first-order valence-electron chi connectivity index (χ1n) is 4.83. The van der Waals surface area contributed by atoms with Crippen molar-refractivity contribution in [3.8, 4) is 0 Å². The van der Waals surface area contributed by atoms with Gasteiger partial charge in [-0.25, -0.2) is 8.42 Å². The van der Waals surface area contributed by atoms with Crippen LogP contribution in [0.1, 0.15) is 30.9 Å². The third kappa shape index (κ3) is 1.77. The lowest BCUT2D eigenvalue weighted by Crippen LogP contribution is -2.21. The van der Waals surface area contributed by atoms with Crippen molar-refractivity contribution in [2.45, 2.75) is 24.7 Å². The highest BCUT2D eigenvalue weighted by molar-refractivity contribution is 7.89. The normalized spacial score (nSPS) is 17.3. The van der Waals surface area contributed by atoms with Crippen LogP contribution in [0.4, 0.5) is 0 Å². The van der Waals surface area contributed by atoms with Gasteiger partial charge in [-0.05, 0) is 29.2 Å². The second kappa shape index (κ2) is 3.38. The summed E-state index contributed by atoms with van der Waals surface area (Å²) in [5.74, 6) is 0.330. The fourth-order valence-corrected chi connectivity index (χ4v) is 2.67. The molecule has 4 heteroatoms. The molecule has 2 rings (SSSR count). The Balaban J connectivity index is 2.65. The largest absolute Gasteiger partial charge is 0.286 e. The van der Waals surface area contributed by atoms with Gasteiger partial charge < -0.3 is 0 Å². The highest BCUT2D eigenvalue weighted by Crippen LogP contribution is 2.25. The highest BCUT2D eigenvalue weighted by atomic mass is 32.2. The van der Waals surface area contributed by atoms with Crippen molar-refractivity contribution >= 4 is 16.1 Å². The van der Waals surface area contributed by atoms with Crippen molar-refractivity contribution in [2.75, 3.05) is 0 Å². The van der Waals surface area contributed by atoms with Gasteiger partial charge in [-0.2, -0.15) is 0 Å². The average molecular weight is 223 g/mol. The maximum Gasteiger partial charge on any atom is 0.262 e. The second-order valence-electron chi connectivity index (χ2n) is 3.91. The molecule has 3 nitrogen and oxygen atoms in total. The van der Waals surface area contributed by atoms with Crippen LogP contribution in [0.2, 0.25) is 0 Å². The summed E-state index contributed by atoms with van der Waals surface area (Å²) in [6.45, 7) is 4.08. The Morgan fingerprint density at radius 2 is 2.00 bits per heavy atom. The Morgan fingerprint density at radius 1 is 1.27 bits per heavy atom. The van der Waals surface area contributed by atoms with E-state index in [2.05, 4.69) is 4.72 Å². The molecule has 0 atom stereocenters. The zero-order chi connectivity index (χ0) is 11.1. The molecule has 0 spiro atoms. The van der Waals surface area contributed by atoms with Crippen molar-refractivity contribution in [3.63, 3.8) is 0 Å². The minimum Gasteiger partial charge on any atom is -0.286 e. The van der Waals surface area contributed by atoms with Crippen LogP contribution in [0, 0.1) is 0 Å². The summed E-state index contributed by atoms with van der Waals surface area (Å²) >= 11 is 0. The Labute approximate surface area is 89.9 Å². The smallest absolute Gasteiger partial charge is 0.262 e. The van der Waals surface area contributed by atoms with E-state index in [4.69, 9.17) is 0 Å². The summed E-state index contributed by atoms with van der Waals surface area (Å²) < 4.78 is 25.7. The fourth-order valence-electron chi connectivity index (χ4n) is 1.56. The lowest BCUT2D eigenvalue weighted by atomic mass is 10.0. The van der Waals surface area contributed by atoms with Crippen molar-refractivity contribution in [1.29, 1.82) is 0 Å². The molecule has 1 aromatic carbocycles. The zero-order valence-electron chi connectivity index (χ0n) is 8.69. The number of hydrogen-bond donors (Lipinski definition) is 1. The topological polar surface area (TPSA) is 46.2 Å². The summed E-state index contributed by atoms with van der Waals surface area (Å²) in [6.07, 6.45) is 3.22. The molecule has 0 aliphatic carbocycles. The van der Waals surface area contributed by atoms with Crippen molar-refractivity contribution in [1.82, 2.24) is 4.72 Å². The standard InChI is InChI=1S/C11H13NO2S/c1-8(2)10-4-3-9-5-6-12-15(13,14)11(9)7-10/h3-8,12H,1-2H3. The van der Waals surface area contributed by atoms with E-state index < -0.39 is 10.0 Å². The predicted molar refractivity (Wildman–Crippen MR) is 59.9 cm³/mol. The van der Waals surface area contributed by atoms with Crippen LogP contribution in [0.5, 0.6) is 0 Å². The molecule has 0 saturated heterocycles. The van der Waals surface area contributed by atoms with Crippen LogP contribution in [0.15, 0.2) is 29.3 Å². The number of fused-ring (bicyclic) bond motifs is 1. The van der Waals surface area contributed by atoms with Crippen molar-refractivity contribution in [2.24, 2.45) is 0 Å². The van der Waals surface area contributed by atoms with Gasteiger partial charge in [-0.15, -0.1) is 0 Å². The highest BCUT2D eigenvalue weighted by Gasteiger charge is 2.20. The van der Waals surface area contributed by atoms with Gasteiger partial charge >= 0.3 is 0 Å². The van der Waals surface area contributed by atoms with Gasteiger partial charge in [0, 0.05) is 6.20 Å². The van der Waals surface area contributed by atoms with E-state index in [0.29, 0.717) is 10.8 Å². The molecule has 15 heavy (non-hydrogen) atoms. The van der Waals surface area contributed by atoms with E-state index in [1.54, 1.807) is 12.1 Å². The first-order valence-corrected chi connectivity index (χ1v) is 6.32. The molecule has 1 aliphatic heterocycles. The number of benzene rings is 1. The summed E-state index contributed by atoms with van der Waals surface area (Å²) in [4.78, 5) is 0.371. The summed E-state index contributed by atoms with van der Waals surface area (Å²) in [5.41, 5.74) is 1.78.